The normalized spacial score (nSPS) is 10.4. The molecule has 25 heavy (non-hydrogen) atoms. The number of nitrogens with zero attached hydrogens (tertiary/aromatic N) is 1. The van der Waals surface area contributed by atoms with E-state index < -0.39 is 10.7 Å². The van der Waals surface area contributed by atoms with Gasteiger partial charge in [0.25, 0.3) is 5.69 Å². The molecule has 0 radical (unpaired) electrons. The summed E-state index contributed by atoms with van der Waals surface area (Å²) in [5, 5.41) is 21.4. The standard InChI is InChI=1S/C19H12BrNO4/c20-14-7-9-18(22)16(11-14)19(23)13-6-8-15(17(10-13)21(24)25)12-4-2-1-3-5-12/h1-11,22H. The largest absolute Gasteiger partial charge is 0.507 e. The fourth-order valence-corrected chi connectivity index (χ4v) is 2.89. The highest BCUT2D eigenvalue weighted by Gasteiger charge is 2.21. The van der Waals surface area contributed by atoms with Crippen molar-refractivity contribution in [3.63, 3.8) is 0 Å². The predicted molar refractivity (Wildman–Crippen MR) is 97.8 cm³/mol. The number of phenols is 1. The maximum absolute atomic E-state index is 12.6. The first-order valence-electron chi connectivity index (χ1n) is 7.34. The summed E-state index contributed by atoms with van der Waals surface area (Å²) in [6, 6.07) is 17.7. The molecule has 0 aliphatic carbocycles. The summed E-state index contributed by atoms with van der Waals surface area (Å²) >= 11 is 3.25. The summed E-state index contributed by atoms with van der Waals surface area (Å²) in [5.74, 6) is -0.662. The second-order valence-corrected chi connectivity index (χ2v) is 6.26. The molecule has 0 amide bonds. The van der Waals surface area contributed by atoms with Crippen LogP contribution in [0.15, 0.2) is 71.2 Å². The molecule has 124 valence electrons. The van der Waals surface area contributed by atoms with E-state index in [0.29, 0.717) is 15.6 Å². The lowest BCUT2D eigenvalue weighted by molar-refractivity contribution is -0.384. The van der Waals surface area contributed by atoms with E-state index in [2.05, 4.69) is 15.9 Å². The van der Waals surface area contributed by atoms with Gasteiger partial charge in [-0.2, -0.15) is 0 Å². The van der Waals surface area contributed by atoms with Gasteiger partial charge in [0.05, 0.1) is 16.1 Å². The Morgan fingerprint density at radius 1 is 1.00 bits per heavy atom. The minimum absolute atomic E-state index is 0.0798. The topological polar surface area (TPSA) is 80.4 Å². The number of hydrogen-bond acceptors (Lipinski definition) is 4. The molecule has 1 N–H and O–H groups in total. The fourth-order valence-electron chi connectivity index (χ4n) is 2.53. The average Bonchev–Trinajstić information content (AvgIpc) is 2.63. The fraction of sp³-hybridized carbons (Fsp3) is 0. The molecule has 0 spiro atoms. The van der Waals surface area contributed by atoms with Gasteiger partial charge in [-0.25, -0.2) is 0 Å². The molecule has 0 aliphatic heterocycles. The van der Waals surface area contributed by atoms with E-state index >= 15 is 0 Å². The van der Waals surface area contributed by atoms with Gasteiger partial charge < -0.3 is 5.11 Å². The van der Waals surface area contributed by atoms with E-state index in [-0.39, 0.29) is 22.6 Å². The van der Waals surface area contributed by atoms with Crippen LogP contribution in [0, 0.1) is 10.1 Å². The lowest BCUT2D eigenvalue weighted by Gasteiger charge is -2.07. The summed E-state index contributed by atoms with van der Waals surface area (Å²) < 4.78 is 0.629. The number of hydrogen-bond donors (Lipinski definition) is 1. The van der Waals surface area contributed by atoms with Gasteiger partial charge in [-0.05, 0) is 35.9 Å². The van der Waals surface area contributed by atoms with Crippen molar-refractivity contribution in [1.29, 1.82) is 0 Å². The van der Waals surface area contributed by atoms with Gasteiger partial charge >= 0.3 is 0 Å². The van der Waals surface area contributed by atoms with E-state index in [9.17, 15) is 20.0 Å². The van der Waals surface area contributed by atoms with E-state index in [1.807, 2.05) is 6.07 Å². The highest BCUT2D eigenvalue weighted by molar-refractivity contribution is 9.10. The van der Waals surface area contributed by atoms with Gasteiger partial charge in [0.15, 0.2) is 5.78 Å². The molecule has 0 unspecified atom stereocenters. The highest BCUT2D eigenvalue weighted by Crippen LogP contribution is 2.32. The second kappa shape index (κ2) is 6.86. The van der Waals surface area contributed by atoms with Gasteiger partial charge in [-0.15, -0.1) is 0 Å². The molecule has 0 fully saturated rings. The lowest BCUT2D eigenvalue weighted by Crippen LogP contribution is -2.03. The third-order valence-electron chi connectivity index (χ3n) is 3.74. The SMILES string of the molecule is O=C(c1ccc(-c2ccccc2)c([N+](=O)[O-])c1)c1cc(Br)ccc1O. The maximum Gasteiger partial charge on any atom is 0.277 e. The highest BCUT2D eigenvalue weighted by atomic mass is 79.9. The predicted octanol–water partition coefficient (Wildman–Crippen LogP) is 4.96. The number of carbonyl (C=O) groups is 1. The number of carbonyl (C=O) groups excluding carboxylic acids is 1. The Labute approximate surface area is 151 Å². The number of rotatable bonds is 4. The van der Waals surface area contributed by atoms with Crippen molar-refractivity contribution in [2.75, 3.05) is 0 Å². The molecule has 3 rings (SSSR count). The molecule has 0 atom stereocenters. The lowest BCUT2D eigenvalue weighted by atomic mass is 9.97. The number of phenolic OH excluding ortho intramolecular Hbond substituents is 1. The minimum atomic E-state index is -0.514. The van der Waals surface area contributed by atoms with E-state index in [4.69, 9.17) is 0 Å². The monoisotopic (exact) mass is 397 g/mol. The maximum atomic E-state index is 12.6. The number of nitro groups is 1. The smallest absolute Gasteiger partial charge is 0.277 e. The number of aromatic hydroxyl groups is 1. The van der Waals surface area contributed by atoms with Crippen molar-refractivity contribution < 1.29 is 14.8 Å². The van der Waals surface area contributed by atoms with Crippen LogP contribution in [0.3, 0.4) is 0 Å². The summed E-state index contributed by atoms with van der Waals surface area (Å²) in [6.45, 7) is 0. The molecule has 0 aromatic heterocycles. The van der Waals surface area contributed by atoms with Gasteiger partial charge in [0.1, 0.15) is 5.75 Å². The molecular weight excluding hydrogens is 386 g/mol. The van der Waals surface area contributed by atoms with Crippen molar-refractivity contribution in [3.8, 4) is 16.9 Å². The average molecular weight is 398 g/mol. The molecule has 3 aromatic rings. The molecule has 0 aliphatic rings. The molecule has 6 heteroatoms. The second-order valence-electron chi connectivity index (χ2n) is 5.35. The Kier molecular flexibility index (Phi) is 4.63. The zero-order chi connectivity index (χ0) is 18.0. The summed E-state index contributed by atoms with van der Waals surface area (Å²) in [5.41, 5.74) is 1.18. The van der Waals surface area contributed by atoms with Crippen molar-refractivity contribution >= 4 is 27.4 Å². The van der Waals surface area contributed by atoms with Crippen LogP contribution in [0.25, 0.3) is 11.1 Å². The molecule has 0 bridgehead atoms. The Morgan fingerprint density at radius 2 is 1.72 bits per heavy atom. The molecular formula is C19H12BrNO4. The van der Waals surface area contributed by atoms with E-state index in [1.54, 1.807) is 36.4 Å². The number of benzene rings is 3. The Balaban J connectivity index is 2.10. The summed E-state index contributed by atoms with van der Waals surface area (Å²) in [4.78, 5) is 23.6. The number of ketones is 1. The molecule has 0 saturated carbocycles. The zero-order valence-electron chi connectivity index (χ0n) is 12.8. The van der Waals surface area contributed by atoms with Crippen LogP contribution in [-0.4, -0.2) is 15.8 Å². The minimum Gasteiger partial charge on any atom is -0.507 e. The molecule has 0 heterocycles. The molecule has 3 aromatic carbocycles. The van der Waals surface area contributed by atoms with Crippen LogP contribution in [0.5, 0.6) is 5.75 Å². The quantitative estimate of drug-likeness (QED) is 0.383. The van der Waals surface area contributed by atoms with Crippen molar-refractivity contribution in [1.82, 2.24) is 0 Å². The third kappa shape index (κ3) is 3.44. The molecule has 5 nitrogen and oxygen atoms in total. The number of halogens is 1. The van der Waals surface area contributed by atoms with Crippen LogP contribution in [0.4, 0.5) is 5.69 Å². The van der Waals surface area contributed by atoms with Crippen LogP contribution >= 0.6 is 15.9 Å². The van der Waals surface area contributed by atoms with Crippen molar-refractivity contribution in [3.05, 3.63) is 92.4 Å². The third-order valence-corrected chi connectivity index (χ3v) is 4.24. The van der Waals surface area contributed by atoms with Gasteiger partial charge in [0, 0.05) is 16.1 Å². The van der Waals surface area contributed by atoms with E-state index in [0.717, 1.165) is 0 Å². The van der Waals surface area contributed by atoms with Crippen molar-refractivity contribution in [2.45, 2.75) is 0 Å². The van der Waals surface area contributed by atoms with Gasteiger partial charge in [0.2, 0.25) is 0 Å². The Bertz CT molecular complexity index is 970. The van der Waals surface area contributed by atoms with Crippen LogP contribution in [0.2, 0.25) is 0 Å². The van der Waals surface area contributed by atoms with Crippen LogP contribution < -0.4 is 0 Å². The van der Waals surface area contributed by atoms with Gasteiger partial charge in [-0.1, -0.05) is 46.3 Å². The van der Waals surface area contributed by atoms with Crippen LogP contribution in [-0.2, 0) is 0 Å². The summed E-state index contributed by atoms with van der Waals surface area (Å²) in [6.07, 6.45) is 0. The first-order chi connectivity index (χ1) is 12.0. The van der Waals surface area contributed by atoms with E-state index in [1.165, 1.54) is 24.3 Å². The van der Waals surface area contributed by atoms with Crippen LogP contribution in [0.1, 0.15) is 15.9 Å². The van der Waals surface area contributed by atoms with Gasteiger partial charge in [-0.3, -0.25) is 14.9 Å². The number of nitro benzene ring substituents is 1. The first kappa shape index (κ1) is 16.9. The first-order valence-corrected chi connectivity index (χ1v) is 8.14. The Hall–Kier alpha value is -2.99. The Morgan fingerprint density at radius 3 is 2.40 bits per heavy atom. The van der Waals surface area contributed by atoms with Crippen molar-refractivity contribution in [2.24, 2.45) is 0 Å². The summed E-state index contributed by atoms with van der Waals surface area (Å²) in [7, 11) is 0. The molecule has 0 saturated heterocycles. The zero-order valence-corrected chi connectivity index (χ0v) is 14.4.